The van der Waals surface area contributed by atoms with Gasteiger partial charge < -0.3 is 24.4 Å². The molecule has 166 valence electrons. The number of ether oxygens (including phenoxy) is 3. The van der Waals surface area contributed by atoms with Gasteiger partial charge in [0.05, 0.1) is 11.7 Å². The van der Waals surface area contributed by atoms with E-state index in [1.165, 1.54) is 17.0 Å². The Kier molecular flexibility index (Phi) is 6.17. The van der Waals surface area contributed by atoms with Crippen molar-refractivity contribution >= 4 is 11.6 Å². The highest BCUT2D eigenvalue weighted by Crippen LogP contribution is 2.39. The van der Waals surface area contributed by atoms with Gasteiger partial charge in [-0.1, -0.05) is 12.1 Å². The minimum Gasteiger partial charge on any atom is -0.435 e. The third kappa shape index (κ3) is 4.68. The van der Waals surface area contributed by atoms with E-state index < -0.39 is 19.4 Å². The minimum absolute atomic E-state index is 0.183. The van der Waals surface area contributed by atoms with Gasteiger partial charge in [-0.15, -0.1) is 0 Å². The van der Waals surface area contributed by atoms with E-state index in [9.17, 15) is 22.4 Å². The minimum atomic E-state index is -3.20. The van der Waals surface area contributed by atoms with E-state index in [2.05, 4.69) is 14.8 Å². The van der Waals surface area contributed by atoms with Crippen molar-refractivity contribution in [3.05, 3.63) is 53.6 Å². The predicted molar refractivity (Wildman–Crippen MR) is 103 cm³/mol. The van der Waals surface area contributed by atoms with Gasteiger partial charge in [-0.05, 0) is 37.1 Å². The van der Waals surface area contributed by atoms with Gasteiger partial charge in [0.2, 0.25) is 0 Å². The molecule has 2 aromatic carbocycles. The predicted octanol–water partition coefficient (Wildman–Crippen LogP) is 4.63. The molecule has 0 spiro atoms. The van der Waals surface area contributed by atoms with Crippen LogP contribution >= 0.6 is 0 Å². The maximum Gasteiger partial charge on any atom is 0.387 e. The molecule has 1 amide bonds. The molecule has 2 aliphatic rings. The van der Waals surface area contributed by atoms with Crippen LogP contribution in [0.3, 0.4) is 0 Å². The number of halogens is 4. The quantitative estimate of drug-likeness (QED) is 0.636. The molecule has 31 heavy (non-hydrogen) atoms. The van der Waals surface area contributed by atoms with E-state index in [1.807, 2.05) is 0 Å². The summed E-state index contributed by atoms with van der Waals surface area (Å²) in [5, 5.41) is 3.18. The summed E-state index contributed by atoms with van der Waals surface area (Å²) < 4.78 is 65.9. The number of fused-ring (bicyclic) bond motifs is 1. The molecule has 2 heterocycles. The first-order valence-electron chi connectivity index (χ1n) is 9.74. The standard InChI is InChI=1S/C21H20F4N2O4/c22-20(23)30-12-7-8-15(17(10-12)31-21(24)25)18-26-16-6-2-1-5-14(16)19(28)27(18)11-13-4-3-9-29-13/h1-2,5-8,10,13,18,20-21,26H,3-4,9,11H2/t13-,18-/m0/s1. The maximum absolute atomic E-state index is 13.3. The molecule has 2 aromatic rings. The summed E-state index contributed by atoms with van der Waals surface area (Å²) >= 11 is 0. The number of amides is 1. The lowest BCUT2D eigenvalue weighted by atomic mass is 10.0. The van der Waals surface area contributed by atoms with Crippen LogP contribution in [0.25, 0.3) is 0 Å². The topological polar surface area (TPSA) is 60.0 Å². The molecule has 0 saturated carbocycles. The average molecular weight is 440 g/mol. The number of hydrogen-bond donors (Lipinski definition) is 1. The highest BCUT2D eigenvalue weighted by molar-refractivity contribution is 6.01. The number of alkyl halides is 4. The number of rotatable bonds is 7. The van der Waals surface area contributed by atoms with Crippen LogP contribution in [0.15, 0.2) is 42.5 Å². The second-order valence-electron chi connectivity index (χ2n) is 7.14. The molecule has 10 heteroatoms. The second kappa shape index (κ2) is 9.01. The molecule has 1 fully saturated rings. The number of para-hydroxylation sites is 1. The average Bonchev–Trinajstić information content (AvgIpc) is 3.23. The van der Waals surface area contributed by atoms with Crippen LogP contribution in [0.4, 0.5) is 23.2 Å². The summed E-state index contributed by atoms with van der Waals surface area (Å²) in [4.78, 5) is 14.7. The molecule has 1 N–H and O–H groups in total. The molecule has 0 unspecified atom stereocenters. The lowest BCUT2D eigenvalue weighted by Gasteiger charge is -2.39. The lowest BCUT2D eigenvalue weighted by molar-refractivity contribution is -0.0550. The van der Waals surface area contributed by atoms with E-state index >= 15 is 0 Å². The molecule has 0 aliphatic carbocycles. The summed E-state index contributed by atoms with van der Waals surface area (Å²) in [5.74, 6) is -0.997. The van der Waals surface area contributed by atoms with E-state index in [1.54, 1.807) is 24.3 Å². The molecular formula is C21H20F4N2O4. The lowest BCUT2D eigenvalue weighted by Crippen LogP contribution is -2.46. The fraction of sp³-hybridized carbons (Fsp3) is 0.381. The van der Waals surface area contributed by atoms with Gasteiger partial charge in [0.1, 0.15) is 17.7 Å². The Bertz CT molecular complexity index is 937. The second-order valence-corrected chi connectivity index (χ2v) is 7.14. The van der Waals surface area contributed by atoms with Gasteiger partial charge in [0.15, 0.2) is 0 Å². The van der Waals surface area contributed by atoms with Crippen LogP contribution in [0.5, 0.6) is 11.5 Å². The maximum atomic E-state index is 13.3. The summed E-state index contributed by atoms with van der Waals surface area (Å²) in [6, 6.07) is 10.3. The summed E-state index contributed by atoms with van der Waals surface area (Å²) in [6.45, 7) is -5.50. The van der Waals surface area contributed by atoms with Crippen LogP contribution in [-0.2, 0) is 4.74 Å². The zero-order valence-corrected chi connectivity index (χ0v) is 16.3. The third-order valence-corrected chi connectivity index (χ3v) is 5.17. The molecule has 4 rings (SSSR count). The van der Waals surface area contributed by atoms with Gasteiger partial charge in [0.25, 0.3) is 5.91 Å². The number of benzene rings is 2. The Morgan fingerprint density at radius 2 is 1.87 bits per heavy atom. The van der Waals surface area contributed by atoms with Gasteiger partial charge in [-0.3, -0.25) is 4.79 Å². The Morgan fingerprint density at radius 1 is 1.10 bits per heavy atom. The molecule has 6 nitrogen and oxygen atoms in total. The fourth-order valence-corrected chi connectivity index (χ4v) is 3.85. The van der Waals surface area contributed by atoms with Crippen molar-refractivity contribution in [3.8, 4) is 11.5 Å². The Hall–Kier alpha value is -3.01. The van der Waals surface area contributed by atoms with Crippen molar-refractivity contribution in [1.82, 2.24) is 4.90 Å². The summed E-state index contributed by atoms with van der Waals surface area (Å²) in [5.41, 5.74) is 1.14. The van der Waals surface area contributed by atoms with Crippen LogP contribution in [0, 0.1) is 0 Å². The van der Waals surface area contributed by atoms with Gasteiger partial charge in [-0.2, -0.15) is 17.6 Å². The van der Waals surface area contributed by atoms with Crippen molar-refractivity contribution in [1.29, 1.82) is 0 Å². The molecule has 2 aliphatic heterocycles. The number of carbonyl (C=O) groups excluding carboxylic acids is 1. The number of carbonyl (C=O) groups is 1. The van der Waals surface area contributed by atoms with Crippen LogP contribution < -0.4 is 14.8 Å². The number of anilines is 1. The zero-order valence-electron chi connectivity index (χ0n) is 16.3. The molecule has 0 bridgehead atoms. The smallest absolute Gasteiger partial charge is 0.387 e. The largest absolute Gasteiger partial charge is 0.435 e. The van der Waals surface area contributed by atoms with Crippen molar-refractivity contribution in [3.63, 3.8) is 0 Å². The Morgan fingerprint density at radius 3 is 2.58 bits per heavy atom. The number of nitrogens with zero attached hydrogens (tertiary/aromatic N) is 1. The Labute approximate surface area is 175 Å². The number of hydrogen-bond acceptors (Lipinski definition) is 5. The van der Waals surface area contributed by atoms with Gasteiger partial charge in [-0.25, -0.2) is 0 Å². The van der Waals surface area contributed by atoms with Crippen molar-refractivity contribution in [2.45, 2.75) is 38.3 Å². The van der Waals surface area contributed by atoms with E-state index in [0.717, 1.165) is 18.9 Å². The first kappa shape index (κ1) is 21.2. The number of nitrogens with one attached hydrogen (secondary N) is 1. The SMILES string of the molecule is O=C1c2ccccc2N[C@H](c2ccc(OC(F)F)cc2OC(F)F)N1C[C@@H]1CCCO1. The van der Waals surface area contributed by atoms with Crippen LogP contribution in [-0.4, -0.2) is 43.3 Å². The van der Waals surface area contributed by atoms with E-state index in [4.69, 9.17) is 4.74 Å². The molecule has 2 atom stereocenters. The molecule has 1 saturated heterocycles. The van der Waals surface area contributed by atoms with Crippen molar-refractivity contribution < 1.29 is 36.6 Å². The first-order chi connectivity index (χ1) is 14.9. The highest BCUT2D eigenvalue weighted by atomic mass is 19.3. The van der Waals surface area contributed by atoms with Crippen LogP contribution in [0.1, 0.15) is 34.9 Å². The highest BCUT2D eigenvalue weighted by Gasteiger charge is 2.37. The van der Waals surface area contributed by atoms with Crippen molar-refractivity contribution in [2.75, 3.05) is 18.5 Å². The molecule has 0 aromatic heterocycles. The molecule has 0 radical (unpaired) electrons. The van der Waals surface area contributed by atoms with Crippen LogP contribution in [0.2, 0.25) is 0 Å². The third-order valence-electron chi connectivity index (χ3n) is 5.17. The molecular weight excluding hydrogens is 420 g/mol. The van der Waals surface area contributed by atoms with Gasteiger partial charge >= 0.3 is 13.2 Å². The summed E-state index contributed by atoms with van der Waals surface area (Å²) in [7, 11) is 0. The Balaban J connectivity index is 1.74. The fourth-order valence-electron chi connectivity index (χ4n) is 3.85. The monoisotopic (exact) mass is 440 g/mol. The van der Waals surface area contributed by atoms with E-state index in [-0.39, 0.29) is 35.6 Å². The van der Waals surface area contributed by atoms with Crippen molar-refractivity contribution in [2.24, 2.45) is 0 Å². The van der Waals surface area contributed by atoms with Gasteiger partial charge in [0, 0.05) is 30.5 Å². The van der Waals surface area contributed by atoms with E-state index in [0.29, 0.717) is 17.9 Å². The normalized spacial score (nSPS) is 20.7. The summed E-state index contributed by atoms with van der Waals surface area (Å²) in [6.07, 6.45) is 0.556. The zero-order chi connectivity index (χ0) is 22.0. The first-order valence-corrected chi connectivity index (χ1v) is 9.74.